The maximum Gasteiger partial charge on any atom is 0.223 e. The number of halogens is 1. The number of hydrogen-bond donors (Lipinski definition) is 2. The van der Waals surface area contributed by atoms with Crippen LogP contribution in [0.1, 0.15) is 24.2 Å². The normalized spacial score (nSPS) is 12.4. The van der Waals surface area contributed by atoms with E-state index in [-0.39, 0.29) is 24.0 Å². The third kappa shape index (κ3) is 8.30. The number of aryl methyl sites for hydroxylation is 1. The van der Waals surface area contributed by atoms with Gasteiger partial charge in [-0.15, -0.1) is 24.0 Å². The smallest absolute Gasteiger partial charge is 0.223 e. The first-order valence-corrected chi connectivity index (χ1v) is 8.02. The zero-order valence-electron chi connectivity index (χ0n) is 14.9. The van der Waals surface area contributed by atoms with Crippen LogP contribution in [0.3, 0.4) is 0 Å². The lowest BCUT2D eigenvalue weighted by atomic mass is 10.2. The molecule has 0 radical (unpaired) electrons. The Morgan fingerprint density at radius 1 is 1.28 bits per heavy atom. The minimum Gasteiger partial charge on any atom is -0.376 e. The summed E-state index contributed by atoms with van der Waals surface area (Å²) in [7, 11) is 1.73. The van der Waals surface area contributed by atoms with E-state index >= 15 is 0 Å². The Morgan fingerprint density at radius 2 is 2.04 bits per heavy atom. The molecule has 0 bridgehead atoms. The van der Waals surface area contributed by atoms with Crippen LogP contribution in [0, 0.1) is 12.8 Å². The molecular weight excluding hydrogens is 433 g/mol. The van der Waals surface area contributed by atoms with Crippen molar-refractivity contribution in [1.82, 2.24) is 20.8 Å². The van der Waals surface area contributed by atoms with Gasteiger partial charge in [-0.3, -0.25) is 4.99 Å². The quantitative estimate of drug-likeness (QED) is 0.359. The van der Waals surface area contributed by atoms with E-state index in [2.05, 4.69) is 44.8 Å². The van der Waals surface area contributed by atoms with Crippen LogP contribution in [0.25, 0.3) is 0 Å². The predicted octanol–water partition coefficient (Wildman–Crippen LogP) is 2.51. The number of nitrogens with zero attached hydrogens (tertiary/aromatic N) is 3. The number of guanidine groups is 1. The minimum atomic E-state index is 0. The number of nitrogens with one attached hydrogen (secondary N) is 2. The molecule has 1 heterocycles. The molecule has 1 aromatic carbocycles. The summed E-state index contributed by atoms with van der Waals surface area (Å²) < 4.78 is 10.7. The molecule has 0 aliphatic carbocycles. The Kier molecular flexibility index (Phi) is 10.1. The lowest BCUT2D eigenvalue weighted by Gasteiger charge is -2.15. The lowest BCUT2D eigenvalue weighted by molar-refractivity contribution is 0.0931. The third-order valence-corrected chi connectivity index (χ3v) is 3.34. The van der Waals surface area contributed by atoms with E-state index in [0.29, 0.717) is 43.4 Å². The van der Waals surface area contributed by atoms with Gasteiger partial charge in [0.05, 0.1) is 19.8 Å². The van der Waals surface area contributed by atoms with Crippen LogP contribution in [-0.4, -0.2) is 36.3 Å². The first kappa shape index (κ1) is 21.4. The summed E-state index contributed by atoms with van der Waals surface area (Å²) in [5.74, 6) is 2.22. The molecule has 2 rings (SSSR count). The van der Waals surface area contributed by atoms with E-state index in [1.807, 2.05) is 18.2 Å². The highest BCUT2D eigenvalue weighted by Gasteiger charge is 2.06. The number of benzene rings is 1. The monoisotopic (exact) mass is 459 g/mol. The van der Waals surface area contributed by atoms with E-state index in [9.17, 15) is 0 Å². The van der Waals surface area contributed by atoms with Gasteiger partial charge in [-0.1, -0.05) is 42.4 Å². The molecule has 25 heavy (non-hydrogen) atoms. The van der Waals surface area contributed by atoms with Gasteiger partial charge in [0.15, 0.2) is 11.8 Å². The van der Waals surface area contributed by atoms with Crippen LogP contribution in [0.5, 0.6) is 0 Å². The molecule has 1 unspecified atom stereocenters. The van der Waals surface area contributed by atoms with Gasteiger partial charge in [-0.05, 0) is 11.5 Å². The first-order valence-electron chi connectivity index (χ1n) is 8.02. The van der Waals surface area contributed by atoms with Gasteiger partial charge in [0, 0.05) is 20.5 Å². The molecule has 0 saturated carbocycles. The molecule has 0 spiro atoms. The summed E-state index contributed by atoms with van der Waals surface area (Å²) in [5, 5.41) is 10.3. The minimum absolute atomic E-state index is 0. The van der Waals surface area contributed by atoms with E-state index in [1.54, 1.807) is 14.0 Å². The van der Waals surface area contributed by atoms with Crippen molar-refractivity contribution >= 4 is 29.9 Å². The number of aromatic nitrogens is 2. The summed E-state index contributed by atoms with van der Waals surface area (Å²) in [4.78, 5) is 8.32. The molecule has 0 saturated heterocycles. The summed E-state index contributed by atoms with van der Waals surface area (Å²) in [5.41, 5.74) is 1.19. The van der Waals surface area contributed by atoms with Crippen molar-refractivity contribution in [1.29, 1.82) is 0 Å². The molecule has 0 amide bonds. The Labute approximate surface area is 165 Å². The van der Waals surface area contributed by atoms with Crippen molar-refractivity contribution in [2.24, 2.45) is 10.9 Å². The first-order chi connectivity index (χ1) is 11.7. The predicted molar refractivity (Wildman–Crippen MR) is 108 cm³/mol. The molecule has 7 nitrogen and oxygen atoms in total. The summed E-state index contributed by atoms with van der Waals surface area (Å²) in [6.07, 6.45) is 0. The molecule has 0 aliphatic rings. The molecule has 2 N–H and O–H groups in total. The van der Waals surface area contributed by atoms with Crippen LogP contribution in [0.4, 0.5) is 0 Å². The van der Waals surface area contributed by atoms with E-state index in [1.165, 1.54) is 5.56 Å². The zero-order valence-corrected chi connectivity index (χ0v) is 17.2. The number of hydrogen-bond acceptors (Lipinski definition) is 5. The van der Waals surface area contributed by atoms with Crippen molar-refractivity contribution in [3.8, 4) is 0 Å². The van der Waals surface area contributed by atoms with Gasteiger partial charge in [-0.25, -0.2) is 0 Å². The summed E-state index contributed by atoms with van der Waals surface area (Å²) in [6, 6.07) is 10.2. The van der Waals surface area contributed by atoms with Gasteiger partial charge in [0.25, 0.3) is 0 Å². The molecule has 0 fully saturated rings. The largest absolute Gasteiger partial charge is 0.376 e. The summed E-state index contributed by atoms with van der Waals surface area (Å²) in [6.45, 7) is 6.45. The molecule has 0 aliphatic heterocycles. The Hall–Kier alpha value is -1.68. The van der Waals surface area contributed by atoms with Crippen LogP contribution >= 0.6 is 24.0 Å². The second-order valence-electron chi connectivity index (χ2n) is 5.64. The van der Waals surface area contributed by atoms with Gasteiger partial charge >= 0.3 is 0 Å². The standard InChI is InChI=1S/C17H25N5O2.HI/c1-13(11-23-12-15-7-5-4-6-8-15)9-19-17(18-3)20-10-16-21-14(2)24-22-16;/h4-8,13H,9-12H2,1-3H3,(H2,18,19,20);1H. The maximum atomic E-state index is 5.75. The van der Waals surface area contributed by atoms with Crippen LogP contribution in [0.15, 0.2) is 39.8 Å². The van der Waals surface area contributed by atoms with E-state index in [4.69, 9.17) is 9.26 Å². The van der Waals surface area contributed by atoms with Crippen molar-refractivity contribution < 1.29 is 9.26 Å². The Balaban J connectivity index is 0.00000312. The van der Waals surface area contributed by atoms with Crippen molar-refractivity contribution in [3.63, 3.8) is 0 Å². The van der Waals surface area contributed by atoms with Crippen LogP contribution in [0.2, 0.25) is 0 Å². The van der Waals surface area contributed by atoms with Gasteiger partial charge in [-0.2, -0.15) is 4.98 Å². The fourth-order valence-corrected chi connectivity index (χ4v) is 2.08. The maximum absolute atomic E-state index is 5.75. The number of rotatable bonds is 8. The van der Waals surface area contributed by atoms with E-state index in [0.717, 1.165) is 6.54 Å². The molecule has 138 valence electrons. The highest BCUT2D eigenvalue weighted by Crippen LogP contribution is 2.02. The van der Waals surface area contributed by atoms with Crippen LogP contribution < -0.4 is 10.6 Å². The fraction of sp³-hybridized carbons (Fsp3) is 0.471. The second kappa shape index (κ2) is 11.8. The zero-order chi connectivity index (χ0) is 17.2. The third-order valence-electron chi connectivity index (χ3n) is 3.34. The molecule has 1 aromatic heterocycles. The second-order valence-corrected chi connectivity index (χ2v) is 5.64. The lowest BCUT2D eigenvalue weighted by Crippen LogP contribution is -2.39. The molecular formula is C17H26IN5O2. The fourth-order valence-electron chi connectivity index (χ4n) is 2.08. The van der Waals surface area contributed by atoms with Crippen molar-refractivity contribution in [3.05, 3.63) is 47.6 Å². The van der Waals surface area contributed by atoms with Gasteiger partial charge < -0.3 is 19.9 Å². The Morgan fingerprint density at radius 3 is 2.68 bits per heavy atom. The number of aliphatic imine (C=N–C) groups is 1. The van der Waals surface area contributed by atoms with Crippen molar-refractivity contribution in [2.75, 3.05) is 20.2 Å². The molecule has 8 heteroatoms. The highest BCUT2D eigenvalue weighted by atomic mass is 127. The van der Waals surface area contributed by atoms with Crippen LogP contribution in [-0.2, 0) is 17.9 Å². The topological polar surface area (TPSA) is 84.6 Å². The Bertz CT molecular complexity index is 633. The van der Waals surface area contributed by atoms with E-state index < -0.39 is 0 Å². The highest BCUT2D eigenvalue weighted by molar-refractivity contribution is 14.0. The van der Waals surface area contributed by atoms with Gasteiger partial charge in [0.1, 0.15) is 0 Å². The summed E-state index contributed by atoms with van der Waals surface area (Å²) >= 11 is 0. The average Bonchev–Trinajstić information content (AvgIpc) is 3.01. The average molecular weight is 459 g/mol. The molecule has 2 aromatic rings. The molecule has 1 atom stereocenters. The van der Waals surface area contributed by atoms with Gasteiger partial charge in [0.2, 0.25) is 5.89 Å². The van der Waals surface area contributed by atoms with Crippen molar-refractivity contribution in [2.45, 2.75) is 27.0 Å². The SMILES string of the molecule is CN=C(NCc1noc(C)n1)NCC(C)COCc1ccccc1.I. The number of ether oxygens (including phenoxy) is 1.